The van der Waals surface area contributed by atoms with Gasteiger partial charge in [0.05, 0.1) is 6.54 Å². The number of Topliss-reactive ketones (excluding diaryl/α,β-unsaturated/α-hetero) is 1. The molecule has 1 aromatic carbocycles. The van der Waals surface area contributed by atoms with Crippen molar-refractivity contribution in [1.82, 2.24) is 10.6 Å². The number of hydrogen-bond donors (Lipinski definition) is 2. The van der Waals surface area contributed by atoms with Gasteiger partial charge in [0.15, 0.2) is 11.8 Å². The van der Waals surface area contributed by atoms with Crippen LogP contribution in [0.15, 0.2) is 30.3 Å². The normalized spacial score (nSPS) is 19.4. The van der Waals surface area contributed by atoms with E-state index in [4.69, 9.17) is 0 Å². The number of nitrogens with one attached hydrogen (secondary N) is 2. The fraction of sp³-hybridized carbons (Fsp3) is 0.182. The Hall–Kier alpha value is -2.17. The molecule has 1 unspecified atom stereocenters. The number of amides is 2. The molecule has 2 rings (SSSR count). The smallest absolute Gasteiger partial charge is 0.252 e. The molecule has 0 bridgehead atoms. The summed E-state index contributed by atoms with van der Waals surface area (Å²) in [7, 11) is 0. The highest BCUT2D eigenvalue weighted by molar-refractivity contribution is 6.15. The highest BCUT2D eigenvalue weighted by atomic mass is 16.2. The molecule has 5 heteroatoms. The summed E-state index contributed by atoms with van der Waals surface area (Å²) in [4.78, 5) is 34.1. The van der Waals surface area contributed by atoms with Gasteiger partial charge < -0.3 is 10.6 Å². The van der Waals surface area contributed by atoms with E-state index in [0.29, 0.717) is 5.56 Å². The van der Waals surface area contributed by atoms with E-state index in [1.54, 1.807) is 30.3 Å². The van der Waals surface area contributed by atoms with Gasteiger partial charge in [-0.15, -0.1) is 0 Å². The second-order valence-corrected chi connectivity index (χ2v) is 3.46. The van der Waals surface area contributed by atoms with Gasteiger partial charge in [0.25, 0.3) is 11.8 Å². The molecule has 1 fully saturated rings. The van der Waals surface area contributed by atoms with E-state index < -0.39 is 17.9 Å². The van der Waals surface area contributed by atoms with Gasteiger partial charge in [-0.25, -0.2) is 0 Å². The van der Waals surface area contributed by atoms with Crippen LogP contribution >= 0.6 is 0 Å². The summed E-state index contributed by atoms with van der Waals surface area (Å²) in [5.41, 5.74) is 0.426. The van der Waals surface area contributed by atoms with Crippen molar-refractivity contribution < 1.29 is 14.4 Å². The van der Waals surface area contributed by atoms with E-state index in [2.05, 4.69) is 10.6 Å². The SMILES string of the molecule is O=C(NC1C(=O)CNC1=O)c1ccccc1. The molecule has 2 amide bonds. The summed E-state index contributed by atoms with van der Waals surface area (Å²) in [5.74, 6) is -1.18. The Balaban J connectivity index is 2.08. The summed E-state index contributed by atoms with van der Waals surface area (Å²) < 4.78 is 0. The summed E-state index contributed by atoms with van der Waals surface area (Å²) in [6.45, 7) is -0.0153. The molecule has 1 saturated heterocycles. The second kappa shape index (κ2) is 4.14. The number of carbonyl (C=O) groups is 3. The van der Waals surface area contributed by atoms with Crippen molar-refractivity contribution in [3.8, 4) is 0 Å². The third kappa shape index (κ3) is 1.93. The Kier molecular flexibility index (Phi) is 2.68. The van der Waals surface area contributed by atoms with Crippen molar-refractivity contribution >= 4 is 17.6 Å². The van der Waals surface area contributed by atoms with Crippen LogP contribution in [0.4, 0.5) is 0 Å². The van der Waals surface area contributed by atoms with Crippen LogP contribution in [0.3, 0.4) is 0 Å². The summed E-state index contributed by atoms with van der Waals surface area (Å²) in [6.07, 6.45) is 0. The summed E-state index contributed by atoms with van der Waals surface area (Å²) >= 11 is 0. The molecule has 0 aromatic heterocycles. The molecule has 1 aromatic rings. The first-order valence-electron chi connectivity index (χ1n) is 4.85. The number of benzene rings is 1. The first-order valence-corrected chi connectivity index (χ1v) is 4.85. The topological polar surface area (TPSA) is 75.3 Å². The molecule has 0 spiro atoms. The average molecular weight is 218 g/mol. The van der Waals surface area contributed by atoms with Crippen LogP contribution in [0.1, 0.15) is 10.4 Å². The molecule has 82 valence electrons. The monoisotopic (exact) mass is 218 g/mol. The van der Waals surface area contributed by atoms with Gasteiger partial charge in [0.2, 0.25) is 0 Å². The van der Waals surface area contributed by atoms with Crippen LogP contribution in [0.2, 0.25) is 0 Å². The maximum absolute atomic E-state index is 11.6. The van der Waals surface area contributed by atoms with Gasteiger partial charge in [-0.1, -0.05) is 18.2 Å². The first-order chi connectivity index (χ1) is 7.68. The van der Waals surface area contributed by atoms with E-state index in [9.17, 15) is 14.4 Å². The van der Waals surface area contributed by atoms with E-state index in [1.165, 1.54) is 0 Å². The molecule has 16 heavy (non-hydrogen) atoms. The maximum Gasteiger partial charge on any atom is 0.252 e. The Morgan fingerprint density at radius 1 is 1.25 bits per heavy atom. The molecule has 1 atom stereocenters. The van der Waals surface area contributed by atoms with Crippen LogP contribution in [-0.4, -0.2) is 30.2 Å². The van der Waals surface area contributed by atoms with Gasteiger partial charge in [-0.05, 0) is 12.1 Å². The van der Waals surface area contributed by atoms with Gasteiger partial charge >= 0.3 is 0 Å². The van der Waals surface area contributed by atoms with Crippen molar-refractivity contribution in [2.75, 3.05) is 6.54 Å². The molecular weight excluding hydrogens is 208 g/mol. The minimum Gasteiger partial charge on any atom is -0.347 e. The second-order valence-electron chi connectivity index (χ2n) is 3.46. The molecule has 0 aliphatic carbocycles. The fourth-order valence-electron chi connectivity index (χ4n) is 1.47. The number of rotatable bonds is 2. The van der Waals surface area contributed by atoms with Crippen LogP contribution in [-0.2, 0) is 9.59 Å². The highest BCUT2D eigenvalue weighted by Crippen LogP contribution is 2.01. The lowest BCUT2D eigenvalue weighted by atomic mass is 10.2. The van der Waals surface area contributed by atoms with E-state index in [1.807, 2.05) is 0 Å². The summed E-state index contributed by atoms with van der Waals surface area (Å²) in [5, 5.41) is 4.77. The Morgan fingerprint density at radius 2 is 1.94 bits per heavy atom. The van der Waals surface area contributed by atoms with Crippen molar-refractivity contribution in [2.24, 2.45) is 0 Å². The highest BCUT2D eigenvalue weighted by Gasteiger charge is 2.33. The van der Waals surface area contributed by atoms with Crippen molar-refractivity contribution in [3.63, 3.8) is 0 Å². The Morgan fingerprint density at radius 3 is 2.50 bits per heavy atom. The van der Waals surface area contributed by atoms with Crippen LogP contribution < -0.4 is 10.6 Å². The molecule has 1 aliphatic rings. The largest absolute Gasteiger partial charge is 0.347 e. The van der Waals surface area contributed by atoms with Crippen molar-refractivity contribution in [2.45, 2.75) is 6.04 Å². The van der Waals surface area contributed by atoms with Gasteiger partial charge in [-0.2, -0.15) is 0 Å². The molecule has 0 radical (unpaired) electrons. The third-order valence-corrected chi connectivity index (χ3v) is 2.33. The van der Waals surface area contributed by atoms with Gasteiger partial charge in [0, 0.05) is 5.56 Å². The Bertz CT molecular complexity index is 426. The number of ketones is 1. The van der Waals surface area contributed by atoms with Gasteiger partial charge in [0.1, 0.15) is 0 Å². The van der Waals surface area contributed by atoms with Crippen LogP contribution in [0.25, 0.3) is 0 Å². The standard InChI is InChI=1S/C11H10N2O3/c14-8-6-12-11(16)9(8)13-10(15)7-4-2-1-3-5-7/h1-5,9H,6H2,(H,12,16)(H,13,15). The van der Waals surface area contributed by atoms with Crippen molar-refractivity contribution in [1.29, 1.82) is 0 Å². The number of carbonyl (C=O) groups excluding carboxylic acids is 3. The number of hydrogen-bond acceptors (Lipinski definition) is 3. The lowest BCUT2D eigenvalue weighted by Crippen LogP contribution is -2.43. The molecule has 5 nitrogen and oxygen atoms in total. The molecular formula is C11H10N2O3. The maximum atomic E-state index is 11.6. The average Bonchev–Trinajstić information content (AvgIpc) is 2.62. The lowest BCUT2D eigenvalue weighted by Gasteiger charge is -2.08. The van der Waals surface area contributed by atoms with E-state index >= 15 is 0 Å². The predicted molar refractivity (Wildman–Crippen MR) is 55.7 cm³/mol. The molecule has 1 aliphatic heterocycles. The molecule has 1 heterocycles. The van der Waals surface area contributed by atoms with E-state index in [-0.39, 0.29) is 12.3 Å². The first kappa shape index (κ1) is 10.4. The Labute approximate surface area is 91.8 Å². The minimum atomic E-state index is -1.05. The van der Waals surface area contributed by atoms with Crippen molar-refractivity contribution in [3.05, 3.63) is 35.9 Å². The van der Waals surface area contributed by atoms with Crippen LogP contribution in [0, 0.1) is 0 Å². The predicted octanol–water partition coefficient (Wildman–Crippen LogP) is -0.516. The molecule has 0 saturated carbocycles. The zero-order valence-electron chi connectivity index (χ0n) is 8.40. The van der Waals surface area contributed by atoms with E-state index in [0.717, 1.165) is 0 Å². The van der Waals surface area contributed by atoms with Gasteiger partial charge in [-0.3, -0.25) is 14.4 Å². The summed E-state index contributed by atoms with van der Waals surface area (Å²) in [6, 6.07) is 7.40. The third-order valence-electron chi connectivity index (χ3n) is 2.33. The molecule has 2 N–H and O–H groups in total. The fourth-order valence-corrected chi connectivity index (χ4v) is 1.47. The zero-order valence-corrected chi connectivity index (χ0v) is 8.40. The minimum absolute atomic E-state index is 0.0153. The lowest BCUT2D eigenvalue weighted by molar-refractivity contribution is -0.124. The van der Waals surface area contributed by atoms with Crippen LogP contribution in [0.5, 0.6) is 0 Å². The quantitative estimate of drug-likeness (QED) is 0.656. The zero-order chi connectivity index (χ0) is 11.5.